The highest BCUT2D eigenvalue weighted by molar-refractivity contribution is 5.31. The lowest BCUT2D eigenvalue weighted by molar-refractivity contribution is 0.130. The van der Waals surface area contributed by atoms with E-state index < -0.39 is 0 Å². The average Bonchev–Trinajstić information content (AvgIpc) is 2.35. The van der Waals surface area contributed by atoms with Crippen molar-refractivity contribution in [3.8, 4) is 5.75 Å². The molecule has 1 N–H and O–H groups in total. The summed E-state index contributed by atoms with van der Waals surface area (Å²) in [4.78, 5) is 0. The molecule has 94 valence electrons. The van der Waals surface area contributed by atoms with Crippen LogP contribution in [-0.2, 0) is 0 Å². The SMILES string of the molecule is CNCC1CCC(Oc2ccccc2C)CC1. The maximum atomic E-state index is 6.09. The summed E-state index contributed by atoms with van der Waals surface area (Å²) in [5, 5.41) is 3.27. The van der Waals surface area contributed by atoms with Crippen molar-refractivity contribution in [2.24, 2.45) is 5.92 Å². The van der Waals surface area contributed by atoms with Gasteiger partial charge < -0.3 is 10.1 Å². The van der Waals surface area contributed by atoms with Crippen LogP contribution in [0.1, 0.15) is 31.2 Å². The van der Waals surface area contributed by atoms with E-state index in [0.29, 0.717) is 6.10 Å². The molecule has 1 aliphatic rings. The van der Waals surface area contributed by atoms with Gasteiger partial charge in [0.15, 0.2) is 0 Å². The Morgan fingerprint density at radius 3 is 2.53 bits per heavy atom. The van der Waals surface area contributed by atoms with Crippen LogP contribution in [0.5, 0.6) is 5.75 Å². The molecule has 0 radical (unpaired) electrons. The van der Waals surface area contributed by atoms with Gasteiger partial charge in [0.2, 0.25) is 0 Å². The largest absolute Gasteiger partial charge is 0.490 e. The fourth-order valence-corrected chi connectivity index (χ4v) is 2.61. The number of hydrogen-bond acceptors (Lipinski definition) is 2. The van der Waals surface area contributed by atoms with Crippen molar-refractivity contribution < 1.29 is 4.74 Å². The van der Waals surface area contributed by atoms with Gasteiger partial charge in [-0.3, -0.25) is 0 Å². The highest BCUT2D eigenvalue weighted by atomic mass is 16.5. The molecular weight excluding hydrogens is 210 g/mol. The van der Waals surface area contributed by atoms with Crippen molar-refractivity contribution in [3.63, 3.8) is 0 Å². The third kappa shape index (κ3) is 3.47. The summed E-state index contributed by atoms with van der Waals surface area (Å²) in [6.07, 6.45) is 5.39. The molecular formula is C15H23NO. The Labute approximate surface area is 104 Å². The fourth-order valence-electron chi connectivity index (χ4n) is 2.61. The molecule has 1 fully saturated rings. The third-order valence-electron chi connectivity index (χ3n) is 3.67. The number of aryl methyl sites for hydroxylation is 1. The maximum absolute atomic E-state index is 6.09. The highest BCUT2D eigenvalue weighted by Gasteiger charge is 2.22. The van der Waals surface area contributed by atoms with E-state index in [1.165, 1.54) is 31.2 Å². The molecule has 1 aromatic carbocycles. The summed E-state index contributed by atoms with van der Waals surface area (Å²) in [5.41, 5.74) is 1.24. The van der Waals surface area contributed by atoms with Gasteiger partial charge in [0, 0.05) is 0 Å². The van der Waals surface area contributed by atoms with E-state index >= 15 is 0 Å². The minimum absolute atomic E-state index is 0.421. The molecule has 1 saturated carbocycles. The molecule has 0 spiro atoms. The fraction of sp³-hybridized carbons (Fsp3) is 0.600. The zero-order valence-electron chi connectivity index (χ0n) is 10.9. The molecule has 0 amide bonds. The van der Waals surface area contributed by atoms with E-state index in [4.69, 9.17) is 4.74 Å². The molecule has 1 aromatic rings. The number of nitrogens with one attached hydrogen (secondary N) is 1. The summed E-state index contributed by atoms with van der Waals surface area (Å²) >= 11 is 0. The smallest absolute Gasteiger partial charge is 0.122 e. The molecule has 1 aliphatic carbocycles. The van der Waals surface area contributed by atoms with Crippen LogP contribution in [0.3, 0.4) is 0 Å². The second-order valence-corrected chi connectivity index (χ2v) is 5.08. The van der Waals surface area contributed by atoms with Gasteiger partial charge >= 0.3 is 0 Å². The van der Waals surface area contributed by atoms with Gasteiger partial charge in [-0.25, -0.2) is 0 Å². The van der Waals surface area contributed by atoms with Gasteiger partial charge in [0.25, 0.3) is 0 Å². The molecule has 2 heteroatoms. The van der Waals surface area contributed by atoms with E-state index in [1.54, 1.807) is 0 Å². The standard InChI is InChI=1S/C15H23NO/c1-12-5-3-4-6-15(12)17-14-9-7-13(8-10-14)11-16-2/h3-6,13-14,16H,7-11H2,1-2H3. The van der Waals surface area contributed by atoms with E-state index in [1.807, 2.05) is 7.05 Å². The maximum Gasteiger partial charge on any atom is 0.122 e. The number of hydrogen-bond donors (Lipinski definition) is 1. The summed E-state index contributed by atoms with van der Waals surface area (Å²) in [6.45, 7) is 3.26. The van der Waals surface area contributed by atoms with Crippen LogP contribution in [0.15, 0.2) is 24.3 Å². The lowest BCUT2D eigenvalue weighted by Crippen LogP contribution is -2.29. The minimum atomic E-state index is 0.421. The van der Waals surface area contributed by atoms with Crippen molar-refractivity contribution >= 4 is 0 Å². The van der Waals surface area contributed by atoms with E-state index in [-0.39, 0.29) is 0 Å². The summed E-state index contributed by atoms with van der Waals surface area (Å²) < 4.78 is 6.09. The summed E-state index contributed by atoms with van der Waals surface area (Å²) in [5.74, 6) is 1.90. The Hall–Kier alpha value is -1.02. The van der Waals surface area contributed by atoms with Gasteiger partial charge in [-0.15, -0.1) is 0 Å². The molecule has 2 rings (SSSR count). The van der Waals surface area contributed by atoms with Crippen LogP contribution in [0, 0.1) is 12.8 Å². The predicted octanol–water partition coefficient (Wildman–Crippen LogP) is 3.15. The first kappa shape index (κ1) is 12.4. The van der Waals surface area contributed by atoms with Gasteiger partial charge in [-0.1, -0.05) is 18.2 Å². The second-order valence-electron chi connectivity index (χ2n) is 5.08. The lowest BCUT2D eigenvalue weighted by Gasteiger charge is -2.29. The summed E-state index contributed by atoms with van der Waals surface area (Å²) in [6, 6.07) is 8.30. The zero-order chi connectivity index (χ0) is 12.1. The van der Waals surface area contributed by atoms with Gasteiger partial charge in [0.1, 0.15) is 5.75 Å². The molecule has 0 heterocycles. The Balaban J connectivity index is 1.84. The summed E-state index contributed by atoms with van der Waals surface area (Å²) in [7, 11) is 2.04. The van der Waals surface area contributed by atoms with Crippen molar-refractivity contribution in [1.82, 2.24) is 5.32 Å². The van der Waals surface area contributed by atoms with Crippen LogP contribution in [0.4, 0.5) is 0 Å². The Kier molecular flexibility index (Phi) is 4.43. The van der Waals surface area contributed by atoms with Crippen molar-refractivity contribution in [2.75, 3.05) is 13.6 Å². The van der Waals surface area contributed by atoms with Gasteiger partial charge in [-0.2, -0.15) is 0 Å². The monoisotopic (exact) mass is 233 g/mol. The van der Waals surface area contributed by atoms with Crippen molar-refractivity contribution in [2.45, 2.75) is 38.7 Å². The molecule has 0 unspecified atom stereocenters. The zero-order valence-corrected chi connectivity index (χ0v) is 10.9. The quantitative estimate of drug-likeness (QED) is 0.862. The van der Waals surface area contributed by atoms with Crippen molar-refractivity contribution in [3.05, 3.63) is 29.8 Å². The highest BCUT2D eigenvalue weighted by Crippen LogP contribution is 2.28. The Morgan fingerprint density at radius 1 is 1.18 bits per heavy atom. The second kappa shape index (κ2) is 6.06. The van der Waals surface area contributed by atoms with Crippen LogP contribution in [-0.4, -0.2) is 19.7 Å². The number of ether oxygens (including phenoxy) is 1. The van der Waals surface area contributed by atoms with Gasteiger partial charge in [0.05, 0.1) is 6.10 Å². The molecule has 0 bridgehead atoms. The Bertz CT molecular complexity index is 343. The van der Waals surface area contributed by atoms with Crippen LogP contribution >= 0.6 is 0 Å². The first-order chi connectivity index (χ1) is 8.29. The van der Waals surface area contributed by atoms with Crippen molar-refractivity contribution in [1.29, 1.82) is 0 Å². The third-order valence-corrected chi connectivity index (χ3v) is 3.67. The van der Waals surface area contributed by atoms with E-state index in [0.717, 1.165) is 18.2 Å². The first-order valence-electron chi connectivity index (χ1n) is 6.66. The molecule has 0 atom stereocenters. The Morgan fingerprint density at radius 2 is 1.88 bits per heavy atom. The normalized spacial score (nSPS) is 24.6. The molecule has 17 heavy (non-hydrogen) atoms. The number of rotatable bonds is 4. The molecule has 0 aromatic heterocycles. The van der Waals surface area contributed by atoms with Crippen LogP contribution in [0.2, 0.25) is 0 Å². The lowest BCUT2D eigenvalue weighted by atomic mass is 9.87. The number of benzene rings is 1. The predicted molar refractivity (Wildman–Crippen MR) is 71.5 cm³/mol. The first-order valence-corrected chi connectivity index (χ1v) is 6.66. The van der Waals surface area contributed by atoms with E-state index in [9.17, 15) is 0 Å². The number of para-hydroxylation sites is 1. The molecule has 2 nitrogen and oxygen atoms in total. The van der Waals surface area contributed by atoms with Gasteiger partial charge in [-0.05, 0) is 63.7 Å². The van der Waals surface area contributed by atoms with Crippen LogP contribution in [0.25, 0.3) is 0 Å². The topological polar surface area (TPSA) is 21.3 Å². The molecule has 0 aliphatic heterocycles. The molecule has 0 saturated heterocycles. The van der Waals surface area contributed by atoms with Crippen LogP contribution < -0.4 is 10.1 Å². The average molecular weight is 233 g/mol. The van der Waals surface area contributed by atoms with E-state index in [2.05, 4.69) is 36.5 Å². The minimum Gasteiger partial charge on any atom is -0.490 e.